The molecule has 5 nitrogen and oxygen atoms in total. The Balaban J connectivity index is 2.11. The number of aliphatic hydroxyl groups is 1. The maximum absolute atomic E-state index is 10.3. The van der Waals surface area contributed by atoms with Crippen LogP contribution in [0.15, 0.2) is 30.6 Å². The molecule has 0 radical (unpaired) electrons. The lowest BCUT2D eigenvalue weighted by Crippen LogP contribution is -2.10. The molecule has 1 atom stereocenters. The molecule has 19 heavy (non-hydrogen) atoms. The monoisotopic (exact) mass is 261 g/mol. The molecular formula is C14H19N3O2. The van der Waals surface area contributed by atoms with Crippen LogP contribution < -0.4 is 4.74 Å². The topological polar surface area (TPSA) is 60.2 Å². The van der Waals surface area contributed by atoms with Crippen molar-refractivity contribution >= 4 is 0 Å². The predicted octanol–water partition coefficient (Wildman–Crippen LogP) is 1.97. The molecule has 0 aliphatic carbocycles. The third kappa shape index (κ3) is 3.32. The lowest BCUT2D eigenvalue weighted by atomic mass is 10.1. The molecule has 102 valence electrons. The number of aryl methyl sites for hydroxylation is 1. The number of aromatic nitrogens is 3. The number of aliphatic hydroxyl groups excluding tert-OH is 1. The number of ether oxygens (including phenoxy) is 1. The number of methoxy groups -OCH3 is 1. The Labute approximate surface area is 112 Å². The van der Waals surface area contributed by atoms with E-state index in [4.69, 9.17) is 4.74 Å². The van der Waals surface area contributed by atoms with Gasteiger partial charge in [-0.25, -0.2) is 4.98 Å². The van der Waals surface area contributed by atoms with Crippen molar-refractivity contribution < 1.29 is 9.84 Å². The Hall–Kier alpha value is -1.88. The molecule has 2 aromatic rings. The van der Waals surface area contributed by atoms with Gasteiger partial charge in [0.05, 0.1) is 13.2 Å². The summed E-state index contributed by atoms with van der Waals surface area (Å²) in [4.78, 5) is 4.20. The maximum atomic E-state index is 10.3. The van der Waals surface area contributed by atoms with Crippen LogP contribution in [-0.4, -0.2) is 27.0 Å². The van der Waals surface area contributed by atoms with E-state index >= 15 is 0 Å². The Morgan fingerprint density at radius 3 is 3.00 bits per heavy atom. The minimum atomic E-state index is -0.602. The van der Waals surface area contributed by atoms with Crippen molar-refractivity contribution in [2.24, 2.45) is 0 Å². The first-order valence-electron chi connectivity index (χ1n) is 6.43. The molecule has 0 saturated carbocycles. The van der Waals surface area contributed by atoms with Crippen LogP contribution >= 0.6 is 0 Å². The van der Waals surface area contributed by atoms with E-state index in [0.717, 1.165) is 30.1 Å². The zero-order chi connectivity index (χ0) is 13.7. The van der Waals surface area contributed by atoms with Crippen molar-refractivity contribution in [1.82, 2.24) is 14.8 Å². The molecule has 0 saturated heterocycles. The Bertz CT molecular complexity index is 525. The molecule has 1 N–H and O–H groups in total. The quantitative estimate of drug-likeness (QED) is 0.863. The summed E-state index contributed by atoms with van der Waals surface area (Å²) < 4.78 is 6.99. The third-order valence-corrected chi connectivity index (χ3v) is 2.99. The molecule has 2 rings (SSSR count). The fourth-order valence-corrected chi connectivity index (χ4v) is 1.98. The van der Waals surface area contributed by atoms with Gasteiger partial charge >= 0.3 is 0 Å². The summed E-state index contributed by atoms with van der Waals surface area (Å²) in [5, 5.41) is 14.4. The summed E-state index contributed by atoms with van der Waals surface area (Å²) in [5.74, 6) is 1.55. The molecule has 0 aliphatic rings. The highest BCUT2D eigenvalue weighted by Gasteiger charge is 2.13. The van der Waals surface area contributed by atoms with Gasteiger partial charge in [-0.1, -0.05) is 19.1 Å². The van der Waals surface area contributed by atoms with Crippen LogP contribution in [0.4, 0.5) is 0 Å². The second-order valence-corrected chi connectivity index (χ2v) is 4.40. The molecule has 5 heteroatoms. The second kappa shape index (κ2) is 6.33. The van der Waals surface area contributed by atoms with E-state index in [1.165, 1.54) is 6.33 Å². The predicted molar refractivity (Wildman–Crippen MR) is 72.0 cm³/mol. The summed E-state index contributed by atoms with van der Waals surface area (Å²) in [6, 6.07) is 7.45. The van der Waals surface area contributed by atoms with Gasteiger partial charge in [0.2, 0.25) is 0 Å². The summed E-state index contributed by atoms with van der Waals surface area (Å²) >= 11 is 0. The van der Waals surface area contributed by atoms with Gasteiger partial charge in [-0.15, -0.1) is 0 Å². The van der Waals surface area contributed by atoms with Crippen LogP contribution in [0.5, 0.6) is 5.75 Å². The number of nitrogens with zero attached hydrogens (tertiary/aromatic N) is 3. The number of hydrogen-bond donors (Lipinski definition) is 1. The fraction of sp³-hybridized carbons (Fsp3) is 0.429. The van der Waals surface area contributed by atoms with Gasteiger partial charge < -0.3 is 9.84 Å². The van der Waals surface area contributed by atoms with Crippen molar-refractivity contribution in [1.29, 1.82) is 0 Å². The van der Waals surface area contributed by atoms with Crippen LogP contribution in [0, 0.1) is 0 Å². The number of rotatable bonds is 6. The normalized spacial score (nSPS) is 12.4. The number of hydrogen-bond acceptors (Lipinski definition) is 4. The lowest BCUT2D eigenvalue weighted by molar-refractivity contribution is 0.173. The average Bonchev–Trinajstić information content (AvgIpc) is 2.86. The van der Waals surface area contributed by atoms with E-state index in [2.05, 4.69) is 17.0 Å². The molecule has 0 spiro atoms. The Morgan fingerprint density at radius 2 is 2.26 bits per heavy atom. The Morgan fingerprint density at radius 1 is 1.42 bits per heavy atom. The molecule has 1 unspecified atom stereocenters. The van der Waals surface area contributed by atoms with E-state index < -0.39 is 6.10 Å². The van der Waals surface area contributed by atoms with Crippen molar-refractivity contribution in [2.45, 2.75) is 32.4 Å². The van der Waals surface area contributed by atoms with Gasteiger partial charge in [-0.2, -0.15) is 5.10 Å². The van der Waals surface area contributed by atoms with Crippen molar-refractivity contribution in [3.05, 3.63) is 42.0 Å². The van der Waals surface area contributed by atoms with Gasteiger partial charge in [0.1, 0.15) is 17.9 Å². The van der Waals surface area contributed by atoms with E-state index in [0.29, 0.717) is 6.42 Å². The highest BCUT2D eigenvalue weighted by Crippen LogP contribution is 2.21. The van der Waals surface area contributed by atoms with Crippen LogP contribution in [0.1, 0.15) is 30.8 Å². The standard InChI is InChI=1S/C14H19N3O2/c1-3-7-17-14(15-10-16-17)9-13(18)11-5-4-6-12(8-11)19-2/h4-6,8,10,13,18H,3,7,9H2,1-2H3. The van der Waals surface area contributed by atoms with E-state index in [-0.39, 0.29) is 0 Å². The maximum Gasteiger partial charge on any atom is 0.138 e. The molecular weight excluding hydrogens is 242 g/mol. The van der Waals surface area contributed by atoms with Crippen LogP contribution in [0.25, 0.3) is 0 Å². The van der Waals surface area contributed by atoms with Gasteiger partial charge in [0.15, 0.2) is 0 Å². The van der Waals surface area contributed by atoms with E-state index in [9.17, 15) is 5.11 Å². The van der Waals surface area contributed by atoms with Crippen molar-refractivity contribution in [2.75, 3.05) is 7.11 Å². The molecule has 0 bridgehead atoms. The third-order valence-electron chi connectivity index (χ3n) is 2.99. The summed E-state index contributed by atoms with van der Waals surface area (Å²) in [7, 11) is 1.61. The number of benzene rings is 1. The minimum Gasteiger partial charge on any atom is -0.497 e. The summed E-state index contributed by atoms with van der Waals surface area (Å²) in [5.41, 5.74) is 0.824. The smallest absolute Gasteiger partial charge is 0.138 e. The highest BCUT2D eigenvalue weighted by molar-refractivity contribution is 5.30. The zero-order valence-corrected chi connectivity index (χ0v) is 11.3. The largest absolute Gasteiger partial charge is 0.497 e. The van der Waals surface area contributed by atoms with E-state index in [1.807, 2.05) is 28.9 Å². The fourth-order valence-electron chi connectivity index (χ4n) is 1.98. The van der Waals surface area contributed by atoms with E-state index in [1.54, 1.807) is 7.11 Å². The molecule has 1 aromatic heterocycles. The van der Waals surface area contributed by atoms with Crippen LogP contribution in [0.2, 0.25) is 0 Å². The first kappa shape index (κ1) is 13.5. The minimum absolute atomic E-state index is 0.452. The van der Waals surface area contributed by atoms with Gasteiger partial charge in [-0.3, -0.25) is 4.68 Å². The summed E-state index contributed by atoms with van der Waals surface area (Å²) in [6.45, 7) is 2.91. The molecule has 1 heterocycles. The highest BCUT2D eigenvalue weighted by atomic mass is 16.5. The van der Waals surface area contributed by atoms with Crippen LogP contribution in [0.3, 0.4) is 0 Å². The Kier molecular flexibility index (Phi) is 4.52. The summed E-state index contributed by atoms with van der Waals surface area (Å²) in [6.07, 6.45) is 2.37. The van der Waals surface area contributed by atoms with Crippen molar-refractivity contribution in [3.63, 3.8) is 0 Å². The first-order chi connectivity index (χ1) is 9.24. The van der Waals surface area contributed by atoms with Gasteiger partial charge in [0.25, 0.3) is 0 Å². The molecule has 0 amide bonds. The van der Waals surface area contributed by atoms with Gasteiger partial charge in [-0.05, 0) is 24.1 Å². The second-order valence-electron chi connectivity index (χ2n) is 4.40. The average molecular weight is 261 g/mol. The molecule has 0 aliphatic heterocycles. The lowest BCUT2D eigenvalue weighted by Gasteiger charge is -2.12. The van der Waals surface area contributed by atoms with Crippen LogP contribution in [-0.2, 0) is 13.0 Å². The molecule has 1 aromatic carbocycles. The van der Waals surface area contributed by atoms with Gasteiger partial charge in [0, 0.05) is 13.0 Å². The molecule has 0 fully saturated rings. The first-order valence-corrected chi connectivity index (χ1v) is 6.43. The SMILES string of the molecule is CCCn1ncnc1CC(O)c1cccc(OC)c1. The zero-order valence-electron chi connectivity index (χ0n) is 11.3. The van der Waals surface area contributed by atoms with Crippen molar-refractivity contribution in [3.8, 4) is 5.75 Å².